The van der Waals surface area contributed by atoms with E-state index in [1.165, 1.54) is 18.3 Å². The lowest BCUT2D eigenvalue weighted by Crippen LogP contribution is -1.85. The van der Waals surface area contributed by atoms with Crippen LogP contribution in [0, 0.1) is 0 Å². The molecule has 0 atom stereocenters. The molecule has 0 aliphatic carbocycles. The van der Waals surface area contributed by atoms with Crippen molar-refractivity contribution in [2.75, 3.05) is 0 Å². The highest BCUT2D eigenvalue weighted by Gasteiger charge is 2.03. The highest BCUT2D eigenvalue weighted by Crippen LogP contribution is 2.23. The first-order valence-electron chi connectivity index (χ1n) is 4.30. The minimum Gasteiger partial charge on any atom is -0.507 e. The third-order valence-corrected chi connectivity index (χ3v) is 1.94. The molecule has 0 amide bonds. The van der Waals surface area contributed by atoms with Gasteiger partial charge >= 0.3 is 0 Å². The van der Waals surface area contributed by atoms with Crippen LogP contribution in [0.15, 0.2) is 42.0 Å². The van der Waals surface area contributed by atoms with Crippen LogP contribution < -0.4 is 0 Å². The van der Waals surface area contributed by atoms with Gasteiger partial charge in [-0.3, -0.25) is 9.79 Å². The zero-order chi connectivity index (χ0) is 11.3. The third kappa shape index (κ3) is 2.40. The van der Waals surface area contributed by atoms with Gasteiger partial charge in [0.15, 0.2) is 6.29 Å². The highest BCUT2D eigenvalue weighted by atomic mass is 16.3. The van der Waals surface area contributed by atoms with Gasteiger partial charge in [0.05, 0.1) is 5.56 Å². The third-order valence-electron chi connectivity index (χ3n) is 1.94. The summed E-state index contributed by atoms with van der Waals surface area (Å²) in [6.07, 6.45) is 3.73. The summed E-state index contributed by atoms with van der Waals surface area (Å²) in [5, 5.41) is 9.46. The number of benzene rings is 1. The van der Waals surface area contributed by atoms with E-state index in [9.17, 15) is 9.90 Å². The monoisotopic (exact) mass is 201 g/mol. The second kappa shape index (κ2) is 4.91. The lowest BCUT2D eigenvalue weighted by atomic mass is 10.0. The predicted molar refractivity (Wildman–Crippen MR) is 61.2 cm³/mol. The summed E-state index contributed by atoms with van der Waals surface area (Å²) in [7, 11) is 0. The van der Waals surface area contributed by atoms with Crippen molar-refractivity contribution in [3.05, 3.63) is 48.2 Å². The Hall–Kier alpha value is -2.16. The molecule has 0 spiro atoms. The molecule has 0 aromatic heterocycles. The number of allylic oxidation sites excluding steroid dienone is 2. The predicted octanol–water partition coefficient (Wildman–Crippen LogP) is 2.43. The molecule has 1 N–H and O–H groups in total. The van der Waals surface area contributed by atoms with Crippen LogP contribution in [0.2, 0.25) is 0 Å². The van der Waals surface area contributed by atoms with Gasteiger partial charge in [-0.05, 0) is 30.0 Å². The van der Waals surface area contributed by atoms with Crippen molar-refractivity contribution < 1.29 is 9.90 Å². The molecule has 0 unspecified atom stereocenters. The van der Waals surface area contributed by atoms with Crippen LogP contribution in [0.4, 0.5) is 0 Å². The van der Waals surface area contributed by atoms with Crippen molar-refractivity contribution >= 4 is 18.6 Å². The maximum Gasteiger partial charge on any atom is 0.153 e. The Balaban J connectivity index is 3.21. The van der Waals surface area contributed by atoms with E-state index in [-0.39, 0.29) is 11.3 Å². The number of carbonyl (C=O) groups excluding carboxylic acids is 1. The van der Waals surface area contributed by atoms with Gasteiger partial charge in [0, 0.05) is 6.20 Å². The fourth-order valence-corrected chi connectivity index (χ4v) is 1.17. The second-order valence-corrected chi connectivity index (χ2v) is 2.86. The molecule has 0 fully saturated rings. The van der Waals surface area contributed by atoms with Crippen molar-refractivity contribution in [1.82, 2.24) is 0 Å². The van der Waals surface area contributed by atoms with Gasteiger partial charge in [-0.2, -0.15) is 0 Å². The summed E-state index contributed by atoms with van der Waals surface area (Å²) in [6, 6.07) is 4.74. The molecular formula is C12H11NO2. The first-order chi connectivity index (χ1) is 7.22. The Bertz CT molecular complexity index is 433. The highest BCUT2D eigenvalue weighted by molar-refractivity contribution is 5.82. The number of aromatic hydroxyl groups is 1. The van der Waals surface area contributed by atoms with Crippen LogP contribution in [0.25, 0.3) is 5.57 Å². The fourth-order valence-electron chi connectivity index (χ4n) is 1.17. The first-order valence-corrected chi connectivity index (χ1v) is 4.30. The number of aliphatic imine (C=N–C) groups is 1. The van der Waals surface area contributed by atoms with Gasteiger partial charge in [-0.25, -0.2) is 0 Å². The van der Waals surface area contributed by atoms with E-state index in [1.807, 2.05) is 0 Å². The summed E-state index contributed by atoms with van der Waals surface area (Å²) < 4.78 is 0. The molecule has 3 nitrogen and oxygen atoms in total. The fraction of sp³-hybridized carbons (Fsp3) is 0. The second-order valence-electron chi connectivity index (χ2n) is 2.86. The average molecular weight is 201 g/mol. The quantitative estimate of drug-likeness (QED) is 0.462. The largest absolute Gasteiger partial charge is 0.507 e. The lowest BCUT2D eigenvalue weighted by molar-refractivity contribution is 0.112. The molecule has 0 bridgehead atoms. The number of aldehydes is 1. The van der Waals surface area contributed by atoms with Crippen molar-refractivity contribution in [3.8, 4) is 5.75 Å². The maximum absolute atomic E-state index is 10.5. The molecular weight excluding hydrogens is 190 g/mol. The van der Waals surface area contributed by atoms with E-state index in [4.69, 9.17) is 0 Å². The van der Waals surface area contributed by atoms with Crippen LogP contribution >= 0.6 is 0 Å². The minimum absolute atomic E-state index is 0.0562. The van der Waals surface area contributed by atoms with Crippen molar-refractivity contribution in [2.45, 2.75) is 0 Å². The molecule has 1 rings (SSSR count). The first kappa shape index (κ1) is 10.9. The van der Waals surface area contributed by atoms with Crippen LogP contribution in [0.1, 0.15) is 15.9 Å². The maximum atomic E-state index is 10.5. The van der Waals surface area contributed by atoms with E-state index in [2.05, 4.69) is 18.3 Å². The van der Waals surface area contributed by atoms with Crippen LogP contribution in [0.3, 0.4) is 0 Å². The molecule has 1 aromatic rings. The van der Waals surface area contributed by atoms with Gasteiger partial charge in [-0.1, -0.05) is 18.7 Å². The summed E-state index contributed by atoms with van der Waals surface area (Å²) in [4.78, 5) is 14.1. The molecule has 0 aliphatic heterocycles. The van der Waals surface area contributed by atoms with Gasteiger partial charge in [-0.15, -0.1) is 0 Å². The number of phenols is 1. The van der Waals surface area contributed by atoms with Crippen LogP contribution in [-0.4, -0.2) is 18.1 Å². The normalized spacial score (nSPS) is 10.8. The summed E-state index contributed by atoms with van der Waals surface area (Å²) in [6.45, 7) is 6.96. The zero-order valence-corrected chi connectivity index (χ0v) is 8.18. The standard InChI is InChI=1S/C12H11NO2/c1-3-9(7-13-2)10-4-5-11(8-14)12(15)6-10/h3-8,15H,1-2H2/b9-7+. The van der Waals surface area contributed by atoms with Crippen LogP contribution in [0.5, 0.6) is 5.75 Å². The number of nitrogens with zero attached hydrogens (tertiary/aromatic N) is 1. The number of hydrogen-bond donors (Lipinski definition) is 1. The molecule has 0 saturated carbocycles. The smallest absolute Gasteiger partial charge is 0.153 e. The van der Waals surface area contributed by atoms with Gasteiger partial charge < -0.3 is 5.11 Å². The van der Waals surface area contributed by atoms with Crippen molar-refractivity contribution in [1.29, 1.82) is 0 Å². The Labute approximate surface area is 88.1 Å². The van der Waals surface area contributed by atoms with E-state index >= 15 is 0 Å². The molecule has 3 heteroatoms. The van der Waals surface area contributed by atoms with Crippen molar-refractivity contribution in [3.63, 3.8) is 0 Å². The number of rotatable bonds is 4. The van der Waals surface area contributed by atoms with Crippen molar-refractivity contribution in [2.24, 2.45) is 4.99 Å². The molecule has 0 heterocycles. The molecule has 0 aliphatic rings. The van der Waals surface area contributed by atoms with Gasteiger partial charge in [0.1, 0.15) is 5.75 Å². The molecule has 0 radical (unpaired) electrons. The Morgan fingerprint density at radius 1 is 1.47 bits per heavy atom. The Kier molecular flexibility index (Phi) is 3.57. The molecule has 1 aromatic carbocycles. The minimum atomic E-state index is -0.0562. The van der Waals surface area contributed by atoms with E-state index in [0.29, 0.717) is 6.29 Å². The summed E-state index contributed by atoms with van der Waals surface area (Å²) in [5.41, 5.74) is 1.73. The molecule has 15 heavy (non-hydrogen) atoms. The number of carbonyl (C=O) groups is 1. The summed E-state index contributed by atoms with van der Waals surface area (Å²) in [5.74, 6) is -0.0562. The van der Waals surface area contributed by atoms with E-state index < -0.39 is 0 Å². The lowest BCUT2D eigenvalue weighted by Gasteiger charge is -2.03. The zero-order valence-electron chi connectivity index (χ0n) is 8.18. The van der Waals surface area contributed by atoms with E-state index in [0.717, 1.165) is 11.1 Å². The Morgan fingerprint density at radius 2 is 2.20 bits per heavy atom. The molecule has 76 valence electrons. The van der Waals surface area contributed by atoms with Crippen LogP contribution in [-0.2, 0) is 0 Å². The number of phenolic OH excluding ortho intramolecular Hbond substituents is 1. The topological polar surface area (TPSA) is 49.7 Å². The summed E-state index contributed by atoms with van der Waals surface area (Å²) >= 11 is 0. The average Bonchev–Trinajstić information content (AvgIpc) is 2.25. The SMILES string of the molecule is C=C/C(=C\N=C)c1ccc(C=O)c(O)c1. The van der Waals surface area contributed by atoms with Gasteiger partial charge in [0.25, 0.3) is 0 Å². The Morgan fingerprint density at radius 3 is 2.67 bits per heavy atom. The van der Waals surface area contributed by atoms with Gasteiger partial charge in [0.2, 0.25) is 0 Å². The molecule has 0 saturated heterocycles. The van der Waals surface area contributed by atoms with E-state index in [1.54, 1.807) is 12.1 Å². The number of hydrogen-bond acceptors (Lipinski definition) is 3.